The van der Waals surface area contributed by atoms with Crippen molar-refractivity contribution in [1.29, 1.82) is 0 Å². The van der Waals surface area contributed by atoms with E-state index in [1.807, 2.05) is 6.92 Å². The minimum Gasteiger partial charge on any atom is -0.481 e. The van der Waals surface area contributed by atoms with Gasteiger partial charge in [0.25, 0.3) is 0 Å². The van der Waals surface area contributed by atoms with Crippen LogP contribution in [-0.2, 0) is 9.59 Å². The Morgan fingerprint density at radius 2 is 2.15 bits per heavy atom. The van der Waals surface area contributed by atoms with Crippen LogP contribution >= 0.6 is 0 Å². The molecule has 7 nitrogen and oxygen atoms in total. The Labute approximate surface area is 118 Å². The van der Waals surface area contributed by atoms with Gasteiger partial charge in [0.15, 0.2) is 0 Å². The van der Waals surface area contributed by atoms with Crippen LogP contribution in [0.25, 0.3) is 0 Å². The van der Waals surface area contributed by atoms with Gasteiger partial charge in [-0.05, 0) is 32.6 Å². The molecule has 0 spiro atoms. The highest BCUT2D eigenvalue weighted by Gasteiger charge is 2.27. The van der Waals surface area contributed by atoms with E-state index in [9.17, 15) is 14.4 Å². The summed E-state index contributed by atoms with van der Waals surface area (Å²) in [5.74, 6) is -1.13. The minimum atomic E-state index is -0.826. The van der Waals surface area contributed by atoms with Crippen molar-refractivity contribution >= 4 is 17.9 Å². The zero-order chi connectivity index (χ0) is 15.1. The van der Waals surface area contributed by atoms with E-state index in [1.165, 1.54) is 4.90 Å². The number of carbonyl (C=O) groups excluding carboxylic acids is 2. The molecule has 0 aliphatic carbocycles. The fraction of sp³-hybridized carbons (Fsp3) is 0.769. The van der Waals surface area contributed by atoms with E-state index in [0.29, 0.717) is 25.9 Å². The SMILES string of the molecule is CC(CCCC(=O)O)NC(=O)C1CCCN(C(N)=O)C1. The molecule has 0 aromatic heterocycles. The summed E-state index contributed by atoms with van der Waals surface area (Å²) >= 11 is 0. The van der Waals surface area contributed by atoms with Crippen LogP contribution in [0.15, 0.2) is 0 Å². The standard InChI is InChI=1S/C13H23N3O4/c1-9(4-2-6-11(17)18)15-12(19)10-5-3-7-16(8-10)13(14)20/h9-10H,2-8H2,1H3,(H2,14,20)(H,15,19)(H,17,18). The molecule has 0 saturated carbocycles. The van der Waals surface area contributed by atoms with E-state index in [1.54, 1.807) is 0 Å². The Morgan fingerprint density at radius 1 is 1.45 bits per heavy atom. The second kappa shape index (κ2) is 7.72. The number of nitrogens with one attached hydrogen (secondary N) is 1. The summed E-state index contributed by atoms with van der Waals surface area (Å²) in [5, 5.41) is 11.4. The maximum Gasteiger partial charge on any atom is 0.314 e. The molecule has 20 heavy (non-hydrogen) atoms. The molecule has 0 bridgehead atoms. The van der Waals surface area contributed by atoms with Crippen molar-refractivity contribution < 1.29 is 19.5 Å². The molecule has 114 valence electrons. The molecule has 1 aliphatic heterocycles. The Morgan fingerprint density at radius 3 is 2.75 bits per heavy atom. The highest BCUT2D eigenvalue weighted by Crippen LogP contribution is 2.16. The molecule has 1 fully saturated rings. The van der Waals surface area contributed by atoms with Gasteiger partial charge in [0, 0.05) is 25.6 Å². The molecular weight excluding hydrogens is 262 g/mol. The lowest BCUT2D eigenvalue weighted by atomic mass is 9.97. The van der Waals surface area contributed by atoms with Crippen LogP contribution in [-0.4, -0.2) is 47.0 Å². The first kappa shape index (κ1) is 16.3. The quantitative estimate of drug-likeness (QED) is 0.661. The van der Waals surface area contributed by atoms with Crippen molar-refractivity contribution in [3.63, 3.8) is 0 Å². The average Bonchev–Trinajstić information content (AvgIpc) is 2.38. The number of aliphatic carboxylic acids is 1. The number of primary amides is 1. The summed E-state index contributed by atoms with van der Waals surface area (Å²) in [6.07, 6.45) is 2.80. The number of amides is 3. The van der Waals surface area contributed by atoms with Crippen LogP contribution in [0.5, 0.6) is 0 Å². The topological polar surface area (TPSA) is 113 Å². The van der Waals surface area contributed by atoms with E-state index < -0.39 is 12.0 Å². The third-order valence-electron chi connectivity index (χ3n) is 3.52. The minimum absolute atomic E-state index is 0.0641. The number of nitrogens with zero attached hydrogens (tertiary/aromatic N) is 1. The number of likely N-dealkylation sites (tertiary alicyclic amines) is 1. The summed E-state index contributed by atoms with van der Waals surface area (Å²) in [7, 11) is 0. The van der Waals surface area contributed by atoms with Crippen molar-refractivity contribution in [2.24, 2.45) is 11.7 Å². The molecule has 0 aromatic carbocycles. The summed E-state index contributed by atoms with van der Waals surface area (Å²) in [4.78, 5) is 35.1. The smallest absolute Gasteiger partial charge is 0.314 e. The first-order valence-electron chi connectivity index (χ1n) is 6.96. The second-order valence-corrected chi connectivity index (χ2v) is 5.32. The maximum absolute atomic E-state index is 12.1. The van der Waals surface area contributed by atoms with Gasteiger partial charge >= 0.3 is 12.0 Å². The zero-order valence-electron chi connectivity index (χ0n) is 11.8. The molecule has 1 saturated heterocycles. The number of carboxylic acid groups (broad SMARTS) is 1. The van der Waals surface area contributed by atoms with Crippen LogP contribution in [0.4, 0.5) is 4.79 Å². The van der Waals surface area contributed by atoms with E-state index in [4.69, 9.17) is 10.8 Å². The normalized spacial score (nSPS) is 20.2. The summed E-state index contributed by atoms with van der Waals surface area (Å²) in [6.45, 7) is 2.82. The Bertz CT molecular complexity index is 373. The third kappa shape index (κ3) is 5.46. The molecule has 1 aliphatic rings. The van der Waals surface area contributed by atoms with Crippen LogP contribution in [0, 0.1) is 5.92 Å². The monoisotopic (exact) mass is 285 g/mol. The average molecular weight is 285 g/mol. The van der Waals surface area contributed by atoms with Gasteiger partial charge in [-0.15, -0.1) is 0 Å². The number of hydrogen-bond donors (Lipinski definition) is 3. The summed E-state index contributed by atoms with van der Waals surface area (Å²) in [5.41, 5.74) is 5.22. The summed E-state index contributed by atoms with van der Waals surface area (Å²) in [6, 6.07) is -0.553. The highest BCUT2D eigenvalue weighted by molar-refractivity contribution is 5.80. The van der Waals surface area contributed by atoms with Crippen LogP contribution in [0.3, 0.4) is 0 Å². The molecule has 4 N–H and O–H groups in total. The molecule has 1 heterocycles. The summed E-state index contributed by atoms with van der Waals surface area (Å²) < 4.78 is 0. The fourth-order valence-electron chi connectivity index (χ4n) is 2.38. The number of carbonyl (C=O) groups is 3. The van der Waals surface area contributed by atoms with Crippen molar-refractivity contribution in [2.75, 3.05) is 13.1 Å². The van der Waals surface area contributed by atoms with Crippen molar-refractivity contribution in [2.45, 2.75) is 45.1 Å². The Hall–Kier alpha value is -1.79. The Kier molecular flexibility index (Phi) is 6.27. The largest absolute Gasteiger partial charge is 0.481 e. The lowest BCUT2D eigenvalue weighted by molar-refractivity contribution is -0.137. The van der Waals surface area contributed by atoms with E-state index in [0.717, 1.165) is 12.8 Å². The van der Waals surface area contributed by atoms with Gasteiger partial charge in [0.2, 0.25) is 5.91 Å². The molecule has 0 radical (unpaired) electrons. The third-order valence-corrected chi connectivity index (χ3v) is 3.52. The number of nitrogens with two attached hydrogens (primary N) is 1. The molecule has 7 heteroatoms. The van der Waals surface area contributed by atoms with Crippen LogP contribution in [0.2, 0.25) is 0 Å². The number of hydrogen-bond acceptors (Lipinski definition) is 3. The predicted octanol–water partition coefficient (Wildman–Crippen LogP) is 0.537. The lowest BCUT2D eigenvalue weighted by Crippen LogP contribution is -2.48. The second-order valence-electron chi connectivity index (χ2n) is 5.32. The Balaban J connectivity index is 2.34. The molecule has 2 unspecified atom stereocenters. The lowest BCUT2D eigenvalue weighted by Gasteiger charge is -2.31. The van der Waals surface area contributed by atoms with E-state index >= 15 is 0 Å². The van der Waals surface area contributed by atoms with Crippen molar-refractivity contribution in [1.82, 2.24) is 10.2 Å². The maximum atomic E-state index is 12.1. The molecule has 1 rings (SSSR count). The number of urea groups is 1. The van der Waals surface area contributed by atoms with Gasteiger partial charge in [-0.1, -0.05) is 0 Å². The molecular formula is C13H23N3O4. The zero-order valence-corrected chi connectivity index (χ0v) is 11.8. The van der Waals surface area contributed by atoms with Gasteiger partial charge in [0.1, 0.15) is 0 Å². The first-order chi connectivity index (χ1) is 9.40. The van der Waals surface area contributed by atoms with Gasteiger partial charge in [-0.2, -0.15) is 0 Å². The van der Waals surface area contributed by atoms with Gasteiger partial charge in [0.05, 0.1) is 5.92 Å². The number of rotatable bonds is 6. The van der Waals surface area contributed by atoms with Crippen molar-refractivity contribution in [3.8, 4) is 0 Å². The van der Waals surface area contributed by atoms with Crippen LogP contribution < -0.4 is 11.1 Å². The fourth-order valence-corrected chi connectivity index (χ4v) is 2.38. The first-order valence-corrected chi connectivity index (χ1v) is 6.96. The van der Waals surface area contributed by atoms with Gasteiger partial charge in [-0.3, -0.25) is 9.59 Å². The van der Waals surface area contributed by atoms with Crippen molar-refractivity contribution in [3.05, 3.63) is 0 Å². The van der Waals surface area contributed by atoms with Gasteiger partial charge < -0.3 is 21.1 Å². The molecule has 3 amide bonds. The predicted molar refractivity (Wildman–Crippen MR) is 73.0 cm³/mol. The molecule has 2 atom stereocenters. The number of piperidine rings is 1. The van der Waals surface area contributed by atoms with Gasteiger partial charge in [-0.25, -0.2) is 4.79 Å². The highest BCUT2D eigenvalue weighted by atomic mass is 16.4. The number of carboxylic acids is 1. The van der Waals surface area contributed by atoms with E-state index in [-0.39, 0.29) is 24.3 Å². The molecule has 0 aromatic rings. The van der Waals surface area contributed by atoms with Crippen LogP contribution in [0.1, 0.15) is 39.0 Å². The van der Waals surface area contributed by atoms with E-state index in [2.05, 4.69) is 5.32 Å².